The fourth-order valence-electron chi connectivity index (χ4n) is 1.86. The van der Waals surface area contributed by atoms with Gasteiger partial charge in [0.1, 0.15) is 0 Å². The first-order valence-electron chi connectivity index (χ1n) is 5.59. The summed E-state index contributed by atoms with van der Waals surface area (Å²) in [7, 11) is 0. The highest BCUT2D eigenvalue weighted by molar-refractivity contribution is 9.09. The Morgan fingerprint density at radius 1 is 0.938 bits per heavy atom. The van der Waals surface area contributed by atoms with Crippen molar-refractivity contribution in [3.63, 3.8) is 0 Å². The molecule has 0 radical (unpaired) electrons. The van der Waals surface area contributed by atoms with E-state index in [0.717, 1.165) is 18.2 Å². The molecule has 0 spiro atoms. The van der Waals surface area contributed by atoms with E-state index >= 15 is 0 Å². The van der Waals surface area contributed by atoms with E-state index in [1.54, 1.807) is 0 Å². The van der Waals surface area contributed by atoms with Crippen molar-refractivity contribution < 1.29 is 0 Å². The Kier molecular flexibility index (Phi) is 4.17. The van der Waals surface area contributed by atoms with Gasteiger partial charge in [0, 0.05) is 5.33 Å². The zero-order valence-corrected chi connectivity index (χ0v) is 10.8. The van der Waals surface area contributed by atoms with Crippen LogP contribution in [0.5, 0.6) is 0 Å². The van der Waals surface area contributed by atoms with Gasteiger partial charge < -0.3 is 0 Å². The van der Waals surface area contributed by atoms with Crippen LogP contribution in [0.4, 0.5) is 0 Å². The summed E-state index contributed by atoms with van der Waals surface area (Å²) in [5.74, 6) is 0. The van der Waals surface area contributed by atoms with Crippen LogP contribution in [0.2, 0.25) is 0 Å². The van der Waals surface area contributed by atoms with Crippen LogP contribution < -0.4 is 0 Å². The minimum absolute atomic E-state index is 1.02. The number of hydrogen-bond donors (Lipinski definition) is 0. The Bertz CT molecular complexity index is 480. The van der Waals surface area contributed by atoms with Crippen LogP contribution in [0.1, 0.15) is 12.0 Å². The first-order valence-corrected chi connectivity index (χ1v) is 6.71. The zero-order chi connectivity index (χ0) is 11.2. The van der Waals surface area contributed by atoms with Gasteiger partial charge in [0.05, 0.1) is 0 Å². The fourth-order valence-corrected chi connectivity index (χ4v) is 2.13. The van der Waals surface area contributed by atoms with E-state index in [4.69, 9.17) is 0 Å². The van der Waals surface area contributed by atoms with Gasteiger partial charge in [-0.05, 0) is 29.2 Å². The van der Waals surface area contributed by atoms with Gasteiger partial charge >= 0.3 is 0 Å². The van der Waals surface area contributed by atoms with Gasteiger partial charge in [0.15, 0.2) is 0 Å². The van der Waals surface area contributed by atoms with Crippen LogP contribution >= 0.6 is 15.9 Å². The van der Waals surface area contributed by atoms with Crippen LogP contribution in [-0.4, -0.2) is 5.33 Å². The molecule has 0 aromatic heterocycles. The first kappa shape index (κ1) is 11.4. The molecule has 0 aliphatic carbocycles. The van der Waals surface area contributed by atoms with Gasteiger partial charge in [-0.2, -0.15) is 0 Å². The predicted octanol–water partition coefficient (Wildman–Crippen LogP) is 4.72. The quantitative estimate of drug-likeness (QED) is 0.559. The summed E-state index contributed by atoms with van der Waals surface area (Å²) in [4.78, 5) is 0. The van der Waals surface area contributed by atoms with Crippen molar-refractivity contribution in [3.05, 3.63) is 60.2 Å². The van der Waals surface area contributed by atoms with Crippen molar-refractivity contribution in [2.24, 2.45) is 0 Å². The highest BCUT2D eigenvalue weighted by Crippen LogP contribution is 2.19. The summed E-state index contributed by atoms with van der Waals surface area (Å²) in [6.07, 6.45) is 6.61. The molecule has 0 bridgehead atoms. The Morgan fingerprint density at radius 3 is 2.62 bits per heavy atom. The van der Waals surface area contributed by atoms with Gasteiger partial charge in [-0.25, -0.2) is 0 Å². The van der Waals surface area contributed by atoms with Crippen molar-refractivity contribution in [2.45, 2.75) is 12.8 Å². The van der Waals surface area contributed by atoms with Crippen molar-refractivity contribution in [1.82, 2.24) is 0 Å². The third-order valence-electron chi connectivity index (χ3n) is 2.66. The maximum atomic E-state index is 3.42. The lowest BCUT2D eigenvalue weighted by molar-refractivity contribution is 1.21. The molecule has 2 aromatic carbocycles. The highest BCUT2D eigenvalue weighted by atomic mass is 79.9. The largest absolute Gasteiger partial charge is 0.0925 e. The number of benzene rings is 2. The van der Waals surface area contributed by atoms with Crippen molar-refractivity contribution in [1.29, 1.82) is 0 Å². The molecule has 0 fully saturated rings. The molecule has 0 saturated heterocycles. The van der Waals surface area contributed by atoms with Crippen LogP contribution in [0.15, 0.2) is 54.6 Å². The van der Waals surface area contributed by atoms with Crippen molar-refractivity contribution in [3.8, 4) is 0 Å². The molecule has 0 heterocycles. The third-order valence-corrected chi connectivity index (χ3v) is 3.12. The number of fused-ring (bicyclic) bond motifs is 1. The summed E-state index contributed by atoms with van der Waals surface area (Å²) in [6.45, 7) is 0. The van der Waals surface area contributed by atoms with Gasteiger partial charge in [0.25, 0.3) is 0 Å². The van der Waals surface area contributed by atoms with E-state index in [-0.39, 0.29) is 0 Å². The second-order valence-electron chi connectivity index (χ2n) is 3.79. The molecular weight excluding hydrogens is 260 g/mol. The monoisotopic (exact) mass is 274 g/mol. The Balaban J connectivity index is 2.23. The number of allylic oxidation sites excluding steroid dienone is 2. The molecule has 0 N–H and O–H groups in total. The smallest absolute Gasteiger partial charge is 0.00659 e. The molecule has 2 aromatic rings. The molecule has 0 unspecified atom stereocenters. The summed E-state index contributed by atoms with van der Waals surface area (Å²) in [5.41, 5.74) is 1.41. The van der Waals surface area contributed by atoms with E-state index in [2.05, 4.69) is 70.5 Å². The van der Waals surface area contributed by atoms with Crippen LogP contribution in [0.3, 0.4) is 0 Å². The summed E-state index contributed by atoms with van der Waals surface area (Å²) < 4.78 is 0. The minimum atomic E-state index is 1.02. The summed E-state index contributed by atoms with van der Waals surface area (Å²) in [5, 5.41) is 3.74. The topological polar surface area (TPSA) is 0 Å². The van der Waals surface area contributed by atoms with Gasteiger partial charge in [-0.3, -0.25) is 0 Å². The maximum Gasteiger partial charge on any atom is 0.00659 e. The molecular formula is C15H15Br. The molecule has 0 atom stereocenters. The van der Waals surface area contributed by atoms with E-state index in [1.807, 2.05) is 0 Å². The van der Waals surface area contributed by atoms with E-state index in [1.165, 1.54) is 16.3 Å². The highest BCUT2D eigenvalue weighted by Gasteiger charge is 1.97. The first-order chi connectivity index (χ1) is 7.92. The number of hydrogen-bond acceptors (Lipinski definition) is 0. The van der Waals surface area contributed by atoms with E-state index < -0.39 is 0 Å². The summed E-state index contributed by atoms with van der Waals surface area (Å²) in [6, 6.07) is 15.1. The fraction of sp³-hybridized carbons (Fsp3) is 0.200. The lowest BCUT2D eigenvalue weighted by atomic mass is 10.0. The lowest BCUT2D eigenvalue weighted by Gasteiger charge is -2.03. The molecule has 1 heteroatoms. The molecule has 82 valence electrons. The standard InChI is InChI=1S/C15H15Br/c16-12-5-1-2-7-13-9-6-10-14-8-3-4-11-15(13)14/h1-4,6,8-11H,5,7,12H2. The van der Waals surface area contributed by atoms with E-state index in [9.17, 15) is 0 Å². The Labute approximate surface area is 105 Å². The average molecular weight is 275 g/mol. The molecule has 0 aliphatic rings. The maximum absolute atomic E-state index is 3.42. The Morgan fingerprint density at radius 2 is 1.75 bits per heavy atom. The van der Waals surface area contributed by atoms with Crippen LogP contribution in [-0.2, 0) is 6.42 Å². The second kappa shape index (κ2) is 5.86. The SMILES string of the molecule is BrCCC=CCc1cccc2ccccc12. The minimum Gasteiger partial charge on any atom is -0.0925 e. The van der Waals surface area contributed by atoms with Gasteiger partial charge in [-0.15, -0.1) is 0 Å². The Hall–Kier alpha value is -1.08. The second-order valence-corrected chi connectivity index (χ2v) is 4.58. The molecule has 16 heavy (non-hydrogen) atoms. The lowest BCUT2D eigenvalue weighted by Crippen LogP contribution is -1.83. The summed E-state index contributed by atoms with van der Waals surface area (Å²) >= 11 is 3.42. The van der Waals surface area contributed by atoms with Gasteiger partial charge in [0.2, 0.25) is 0 Å². The van der Waals surface area contributed by atoms with Crippen LogP contribution in [0, 0.1) is 0 Å². The van der Waals surface area contributed by atoms with Crippen molar-refractivity contribution >= 4 is 26.7 Å². The average Bonchev–Trinajstić information content (AvgIpc) is 2.35. The van der Waals surface area contributed by atoms with Crippen molar-refractivity contribution in [2.75, 3.05) is 5.33 Å². The van der Waals surface area contributed by atoms with Gasteiger partial charge in [-0.1, -0.05) is 70.5 Å². The number of halogens is 1. The molecule has 0 amide bonds. The van der Waals surface area contributed by atoms with Crippen LogP contribution in [0.25, 0.3) is 10.8 Å². The molecule has 0 aliphatic heterocycles. The number of rotatable bonds is 4. The normalized spacial score (nSPS) is 11.3. The molecule has 2 rings (SSSR count). The molecule has 0 saturated carbocycles. The third kappa shape index (κ3) is 2.73. The predicted molar refractivity (Wildman–Crippen MR) is 75.2 cm³/mol. The van der Waals surface area contributed by atoms with E-state index in [0.29, 0.717) is 0 Å². The zero-order valence-electron chi connectivity index (χ0n) is 9.20. The molecule has 0 nitrogen and oxygen atoms in total. The number of alkyl halides is 1.